The number of carbonyl (C=O) groups is 2. The Kier molecular flexibility index (Phi) is 5.68. The molecule has 6 nitrogen and oxygen atoms in total. The molecule has 1 saturated heterocycles. The van der Waals surface area contributed by atoms with Crippen LogP contribution in [0.25, 0.3) is 0 Å². The first-order valence-corrected chi connectivity index (χ1v) is 9.49. The number of carboxylic acid groups (broad SMARTS) is 1. The average molecular weight is 382 g/mol. The molecule has 0 spiro atoms. The summed E-state index contributed by atoms with van der Waals surface area (Å²) in [7, 11) is 0. The SMILES string of the molecule is Cc1ccc(OCc2cccc(C(=O)N3CCC(C(=O)O)(C(C)C)C3)c2)cn1. The molecule has 1 aliphatic rings. The summed E-state index contributed by atoms with van der Waals surface area (Å²) in [6.45, 7) is 6.75. The van der Waals surface area contributed by atoms with Crippen LogP contribution in [0.4, 0.5) is 0 Å². The molecule has 0 bridgehead atoms. The smallest absolute Gasteiger partial charge is 0.311 e. The molecule has 2 heterocycles. The fourth-order valence-corrected chi connectivity index (χ4v) is 3.58. The predicted molar refractivity (Wildman–Crippen MR) is 105 cm³/mol. The third-order valence-electron chi connectivity index (χ3n) is 5.58. The first kappa shape index (κ1) is 19.9. The van der Waals surface area contributed by atoms with Gasteiger partial charge in [0.25, 0.3) is 5.91 Å². The number of aromatic nitrogens is 1. The Labute approximate surface area is 165 Å². The van der Waals surface area contributed by atoms with E-state index >= 15 is 0 Å². The minimum atomic E-state index is -0.866. The number of aryl methyl sites for hydroxylation is 1. The van der Waals surface area contributed by atoms with Gasteiger partial charge in [0.2, 0.25) is 0 Å². The highest BCUT2D eigenvalue weighted by atomic mass is 16.5. The van der Waals surface area contributed by atoms with Crippen molar-refractivity contribution in [3.8, 4) is 5.75 Å². The Bertz CT molecular complexity index is 863. The van der Waals surface area contributed by atoms with Gasteiger partial charge in [-0.25, -0.2) is 0 Å². The molecule has 148 valence electrons. The lowest BCUT2D eigenvalue weighted by Crippen LogP contribution is -2.40. The summed E-state index contributed by atoms with van der Waals surface area (Å²) in [5, 5.41) is 9.68. The molecule has 1 aromatic heterocycles. The molecule has 28 heavy (non-hydrogen) atoms. The Balaban J connectivity index is 1.69. The number of pyridine rings is 1. The van der Waals surface area contributed by atoms with Crippen molar-refractivity contribution >= 4 is 11.9 Å². The number of hydrogen-bond acceptors (Lipinski definition) is 4. The summed E-state index contributed by atoms with van der Waals surface area (Å²) >= 11 is 0. The van der Waals surface area contributed by atoms with E-state index < -0.39 is 11.4 Å². The topological polar surface area (TPSA) is 79.7 Å². The van der Waals surface area contributed by atoms with E-state index in [0.717, 1.165) is 11.3 Å². The molecule has 1 aromatic carbocycles. The van der Waals surface area contributed by atoms with Crippen LogP contribution in [0, 0.1) is 18.3 Å². The van der Waals surface area contributed by atoms with Gasteiger partial charge in [-0.3, -0.25) is 14.6 Å². The summed E-state index contributed by atoms with van der Waals surface area (Å²) < 4.78 is 5.74. The summed E-state index contributed by atoms with van der Waals surface area (Å²) in [5.41, 5.74) is 1.48. The Hall–Kier alpha value is -2.89. The zero-order chi connectivity index (χ0) is 20.3. The van der Waals surface area contributed by atoms with Crippen molar-refractivity contribution in [2.75, 3.05) is 13.1 Å². The quantitative estimate of drug-likeness (QED) is 0.827. The van der Waals surface area contributed by atoms with E-state index in [1.807, 2.05) is 45.0 Å². The second-order valence-electron chi connectivity index (χ2n) is 7.72. The van der Waals surface area contributed by atoms with Crippen molar-refractivity contribution in [1.29, 1.82) is 0 Å². The minimum Gasteiger partial charge on any atom is -0.487 e. The van der Waals surface area contributed by atoms with Gasteiger partial charge in [0.1, 0.15) is 12.4 Å². The molecule has 1 amide bonds. The molecule has 1 fully saturated rings. The number of carbonyl (C=O) groups excluding carboxylic acids is 1. The van der Waals surface area contributed by atoms with Gasteiger partial charge in [-0.15, -0.1) is 0 Å². The normalized spacial score (nSPS) is 19.1. The van der Waals surface area contributed by atoms with Crippen molar-refractivity contribution < 1.29 is 19.4 Å². The molecule has 1 unspecified atom stereocenters. The van der Waals surface area contributed by atoms with Crippen molar-refractivity contribution in [2.24, 2.45) is 11.3 Å². The second kappa shape index (κ2) is 8.00. The lowest BCUT2D eigenvalue weighted by molar-refractivity contribution is -0.150. The summed E-state index contributed by atoms with van der Waals surface area (Å²) in [5.74, 6) is -0.329. The van der Waals surface area contributed by atoms with E-state index in [4.69, 9.17) is 4.74 Å². The largest absolute Gasteiger partial charge is 0.487 e. The van der Waals surface area contributed by atoms with Crippen LogP contribution in [-0.4, -0.2) is 40.0 Å². The van der Waals surface area contributed by atoms with E-state index in [-0.39, 0.29) is 18.4 Å². The average Bonchev–Trinajstić information content (AvgIpc) is 3.14. The van der Waals surface area contributed by atoms with Gasteiger partial charge in [-0.05, 0) is 49.1 Å². The molecule has 2 aromatic rings. The monoisotopic (exact) mass is 382 g/mol. The maximum atomic E-state index is 12.9. The Morgan fingerprint density at radius 2 is 2.07 bits per heavy atom. The van der Waals surface area contributed by atoms with Crippen LogP contribution in [0.15, 0.2) is 42.6 Å². The van der Waals surface area contributed by atoms with Crippen molar-refractivity contribution in [2.45, 2.75) is 33.8 Å². The highest BCUT2D eigenvalue weighted by Crippen LogP contribution is 2.38. The highest BCUT2D eigenvalue weighted by molar-refractivity contribution is 5.95. The first-order chi connectivity index (χ1) is 13.3. The van der Waals surface area contributed by atoms with Gasteiger partial charge in [0, 0.05) is 24.3 Å². The molecular formula is C22H26N2O4. The Morgan fingerprint density at radius 3 is 2.68 bits per heavy atom. The van der Waals surface area contributed by atoms with Crippen LogP contribution in [-0.2, 0) is 11.4 Å². The standard InChI is InChI=1S/C22H26N2O4/c1-15(2)22(21(26)27)9-10-24(14-22)20(25)18-6-4-5-17(11-18)13-28-19-8-7-16(3)23-12-19/h4-8,11-12,15H,9-10,13-14H2,1-3H3,(H,26,27). The number of benzene rings is 1. The van der Waals surface area contributed by atoms with Crippen LogP contribution in [0.3, 0.4) is 0 Å². The van der Waals surface area contributed by atoms with Crippen LogP contribution in [0.1, 0.15) is 41.9 Å². The van der Waals surface area contributed by atoms with E-state index in [0.29, 0.717) is 30.9 Å². The number of nitrogens with zero attached hydrogens (tertiary/aromatic N) is 2. The van der Waals surface area contributed by atoms with Crippen LogP contribution >= 0.6 is 0 Å². The zero-order valence-corrected chi connectivity index (χ0v) is 16.5. The molecule has 0 aliphatic carbocycles. The van der Waals surface area contributed by atoms with Gasteiger partial charge < -0.3 is 14.7 Å². The number of ether oxygens (including phenoxy) is 1. The number of amides is 1. The molecule has 3 rings (SSSR count). The summed E-state index contributed by atoms with van der Waals surface area (Å²) in [6.07, 6.45) is 2.15. The van der Waals surface area contributed by atoms with Gasteiger partial charge in [-0.2, -0.15) is 0 Å². The molecular weight excluding hydrogens is 356 g/mol. The molecule has 0 radical (unpaired) electrons. The highest BCUT2D eigenvalue weighted by Gasteiger charge is 2.48. The maximum Gasteiger partial charge on any atom is 0.311 e. The lowest BCUT2D eigenvalue weighted by Gasteiger charge is -2.28. The predicted octanol–water partition coefficient (Wildman–Crippen LogP) is 3.54. The molecule has 1 N–H and O–H groups in total. The van der Waals surface area contributed by atoms with Gasteiger partial charge in [0.05, 0.1) is 11.6 Å². The first-order valence-electron chi connectivity index (χ1n) is 9.49. The third kappa shape index (κ3) is 4.01. The number of carboxylic acids is 1. The fraction of sp³-hybridized carbons (Fsp3) is 0.409. The van der Waals surface area contributed by atoms with E-state index in [1.165, 1.54) is 0 Å². The van der Waals surface area contributed by atoms with Gasteiger partial charge >= 0.3 is 5.97 Å². The number of likely N-dealkylation sites (tertiary alicyclic amines) is 1. The maximum absolute atomic E-state index is 12.9. The molecule has 1 aliphatic heterocycles. The Morgan fingerprint density at radius 1 is 1.29 bits per heavy atom. The number of hydrogen-bond donors (Lipinski definition) is 1. The van der Waals surface area contributed by atoms with Crippen molar-refractivity contribution in [1.82, 2.24) is 9.88 Å². The van der Waals surface area contributed by atoms with Crippen LogP contribution in [0.2, 0.25) is 0 Å². The fourth-order valence-electron chi connectivity index (χ4n) is 3.58. The van der Waals surface area contributed by atoms with E-state index in [9.17, 15) is 14.7 Å². The van der Waals surface area contributed by atoms with E-state index in [1.54, 1.807) is 23.2 Å². The van der Waals surface area contributed by atoms with E-state index in [2.05, 4.69) is 4.98 Å². The minimum absolute atomic E-state index is 0.0364. The third-order valence-corrected chi connectivity index (χ3v) is 5.58. The number of aliphatic carboxylic acids is 1. The molecule has 1 atom stereocenters. The van der Waals surface area contributed by atoms with Gasteiger partial charge in [-0.1, -0.05) is 26.0 Å². The molecule has 0 saturated carbocycles. The zero-order valence-electron chi connectivity index (χ0n) is 16.5. The lowest BCUT2D eigenvalue weighted by atomic mass is 9.76. The second-order valence-corrected chi connectivity index (χ2v) is 7.72. The van der Waals surface area contributed by atoms with Crippen molar-refractivity contribution in [3.05, 3.63) is 59.4 Å². The number of rotatable bonds is 6. The summed E-state index contributed by atoms with van der Waals surface area (Å²) in [4.78, 5) is 30.6. The van der Waals surface area contributed by atoms with Crippen LogP contribution in [0.5, 0.6) is 5.75 Å². The van der Waals surface area contributed by atoms with Crippen molar-refractivity contribution in [3.63, 3.8) is 0 Å². The molecule has 6 heteroatoms. The summed E-state index contributed by atoms with van der Waals surface area (Å²) in [6, 6.07) is 11.0. The van der Waals surface area contributed by atoms with Gasteiger partial charge in [0.15, 0.2) is 0 Å². The van der Waals surface area contributed by atoms with Crippen LogP contribution < -0.4 is 4.74 Å².